The Bertz CT molecular complexity index is 6630. The van der Waals surface area contributed by atoms with Crippen LogP contribution in [0, 0.1) is 0 Å². The van der Waals surface area contributed by atoms with Crippen molar-refractivity contribution in [1.82, 2.24) is 18.3 Å². The molecular weight excluding hydrogens is 1550 g/mol. The zero-order valence-corrected chi connectivity index (χ0v) is 76.9. The number of aryl methyl sites for hydroxylation is 4. The van der Waals surface area contributed by atoms with E-state index in [0.29, 0.717) is 0 Å². The minimum absolute atomic E-state index is 0.143. The van der Waals surface area contributed by atoms with Gasteiger partial charge in [0.15, 0.2) is 0 Å². The molecule has 634 valence electrons. The highest BCUT2D eigenvalue weighted by Crippen LogP contribution is 2.59. The van der Waals surface area contributed by atoms with Gasteiger partial charge in [-0.1, -0.05) is 329 Å². The van der Waals surface area contributed by atoms with E-state index in [2.05, 4.69) is 500 Å². The third-order valence-electron chi connectivity index (χ3n) is 26.9. The lowest BCUT2D eigenvalue weighted by molar-refractivity contribution is 0.590. The molecule has 0 aliphatic heterocycles. The van der Waals surface area contributed by atoms with Crippen LogP contribution in [0.15, 0.2) is 352 Å². The van der Waals surface area contributed by atoms with Crippen molar-refractivity contribution in [3.8, 4) is 22.7 Å². The van der Waals surface area contributed by atoms with Gasteiger partial charge in [-0.2, -0.15) is 0 Å². The van der Waals surface area contributed by atoms with Crippen molar-refractivity contribution in [3.63, 3.8) is 0 Å². The van der Waals surface area contributed by atoms with Crippen molar-refractivity contribution in [2.24, 2.45) is 0 Å². The molecule has 0 bridgehead atoms. The van der Waals surface area contributed by atoms with Crippen LogP contribution in [-0.2, 0) is 47.3 Å². The van der Waals surface area contributed by atoms with Crippen LogP contribution in [0.2, 0.25) is 0 Å². The SMILES string of the molecule is CCc1c(N(c2ccc(C(C)(C)C)cc2)c2cc(N(c3ccc(C(C)(C)C)cc3)c3c(CC)c4ccccc4n3-c3ccccc3)c3ccc4c(N(c5ccc(C(C)(C)C)cc5)c5c(CC)c6ccccc6n5-c5ccccc5)cc(N(c5ccc(C(C)(C)C)cc5)c5c(CC)c6ccccc6n5-c5ccccc5)c5ccc2c3c54)n(-c2ccccc2)c2ccccc12. The summed E-state index contributed by atoms with van der Waals surface area (Å²) in [5, 5.41) is 11.5. The normalized spacial score (nSPS) is 12.3. The van der Waals surface area contributed by atoms with E-state index in [0.717, 1.165) is 172 Å². The Morgan fingerprint density at radius 2 is 0.375 bits per heavy atom. The fourth-order valence-electron chi connectivity index (χ4n) is 20.5. The molecule has 0 radical (unpaired) electrons. The van der Waals surface area contributed by atoms with Crippen molar-refractivity contribution >= 4 is 145 Å². The second-order valence-corrected chi connectivity index (χ2v) is 38.8. The minimum atomic E-state index is -0.143. The number of rotatable bonds is 20. The molecule has 4 heterocycles. The molecule has 0 aliphatic rings. The number of hydrogen-bond acceptors (Lipinski definition) is 4. The van der Waals surface area contributed by atoms with Crippen LogP contribution < -0.4 is 19.6 Å². The van der Waals surface area contributed by atoms with E-state index in [1.807, 2.05) is 0 Å². The quantitative estimate of drug-likeness (QED) is 0.0712. The molecule has 0 saturated heterocycles. The molecule has 0 aliphatic carbocycles. The van der Waals surface area contributed by atoms with E-state index < -0.39 is 0 Å². The summed E-state index contributed by atoms with van der Waals surface area (Å²) in [4.78, 5) is 10.7. The maximum Gasteiger partial charge on any atom is 0.126 e. The molecule has 0 unspecified atom stereocenters. The van der Waals surface area contributed by atoms with Crippen LogP contribution in [0.3, 0.4) is 0 Å². The molecule has 0 fully saturated rings. The van der Waals surface area contributed by atoms with Gasteiger partial charge in [0.05, 0.1) is 44.8 Å². The lowest BCUT2D eigenvalue weighted by Crippen LogP contribution is -2.21. The highest BCUT2D eigenvalue weighted by molar-refractivity contribution is 6.33. The van der Waals surface area contributed by atoms with Crippen LogP contribution >= 0.6 is 0 Å². The summed E-state index contributed by atoms with van der Waals surface area (Å²) in [7, 11) is 0. The number of aromatic nitrogens is 4. The Labute approximate surface area is 754 Å². The van der Waals surface area contributed by atoms with Crippen molar-refractivity contribution in [2.75, 3.05) is 19.6 Å². The molecule has 0 N–H and O–H groups in total. The predicted octanol–water partition coefficient (Wildman–Crippen LogP) is 33.7. The molecule has 0 amide bonds. The first-order valence-corrected chi connectivity index (χ1v) is 46.1. The number of hydrogen-bond donors (Lipinski definition) is 0. The van der Waals surface area contributed by atoms with E-state index >= 15 is 0 Å². The van der Waals surface area contributed by atoms with Gasteiger partial charge in [0.25, 0.3) is 0 Å². The van der Waals surface area contributed by atoms with Crippen LogP contribution in [0.4, 0.5) is 68.8 Å². The highest BCUT2D eigenvalue weighted by Gasteiger charge is 2.38. The third kappa shape index (κ3) is 13.8. The van der Waals surface area contributed by atoms with Gasteiger partial charge in [-0.3, -0.25) is 37.9 Å². The third-order valence-corrected chi connectivity index (χ3v) is 26.9. The molecule has 0 spiro atoms. The number of anilines is 12. The van der Waals surface area contributed by atoms with Gasteiger partial charge in [-0.05, 0) is 203 Å². The Balaban J connectivity index is 1.06. The summed E-state index contributed by atoms with van der Waals surface area (Å²) in [5.74, 6) is 4.32. The molecular formula is C120H114N8. The lowest BCUT2D eigenvalue weighted by Gasteiger charge is -2.36. The topological polar surface area (TPSA) is 32.7 Å². The van der Waals surface area contributed by atoms with E-state index in [1.165, 1.54) is 66.1 Å². The van der Waals surface area contributed by atoms with Gasteiger partial charge < -0.3 is 0 Å². The number of para-hydroxylation sites is 8. The Kier molecular flexibility index (Phi) is 20.6. The molecule has 8 heteroatoms. The number of fused-ring (bicyclic) bond motifs is 4. The minimum Gasteiger partial charge on any atom is -0.295 e. The van der Waals surface area contributed by atoms with Gasteiger partial charge >= 0.3 is 0 Å². The summed E-state index contributed by atoms with van der Waals surface area (Å²) in [6.07, 6.45) is 3.00. The molecule has 0 saturated carbocycles. The summed E-state index contributed by atoms with van der Waals surface area (Å²) in [6, 6.07) is 135. The molecule has 8 nitrogen and oxygen atoms in total. The lowest BCUT2D eigenvalue weighted by atomic mass is 9.86. The first-order valence-electron chi connectivity index (χ1n) is 46.1. The first kappa shape index (κ1) is 82.2. The molecule has 0 atom stereocenters. The Hall–Kier alpha value is -14.1. The van der Waals surface area contributed by atoms with Crippen molar-refractivity contribution < 1.29 is 0 Å². The largest absolute Gasteiger partial charge is 0.295 e. The first-order chi connectivity index (χ1) is 61.9. The van der Waals surface area contributed by atoms with Crippen LogP contribution in [-0.4, -0.2) is 18.3 Å². The summed E-state index contributed by atoms with van der Waals surface area (Å²) < 4.78 is 10.2. The van der Waals surface area contributed by atoms with Crippen molar-refractivity contribution in [2.45, 2.75) is 158 Å². The van der Waals surface area contributed by atoms with Crippen LogP contribution in [0.5, 0.6) is 0 Å². The molecule has 128 heavy (non-hydrogen) atoms. The van der Waals surface area contributed by atoms with Gasteiger partial charge in [-0.25, -0.2) is 0 Å². The van der Waals surface area contributed by atoms with Gasteiger partial charge in [0.2, 0.25) is 0 Å². The smallest absolute Gasteiger partial charge is 0.126 e. The standard InChI is InChI=1S/C120H114N8/c1-17-91-95-49-33-37-53-103(95)121(83-41-25-21-26-42-83)113(91)125(87-65-57-79(58-66-87)117(5,6)7)107-77-108(126(88-67-59-80(60-68-88)118(8,9)10)114-92(18-2)96-50-34-38-54-104(96)122(114)84-43-27-22-28-44-84)100-75-76-102-110(128(90-71-63-82(64-72-90)120(14,15)16)116-94(20-4)98-52-36-40-56-106(98)124(116)86-47-31-24-32-48-86)78-109(101-74-73-99(107)111(100)112(101)102)127(89-69-61-81(62-70-89)119(11,12)13)115-93(19-3)97-51-35-39-55-105(97)123(115)85-45-29-23-30-46-85/h21-78H,17-20H2,1-16H3. The zero-order valence-electron chi connectivity index (χ0n) is 76.9. The fourth-order valence-corrected chi connectivity index (χ4v) is 20.5. The fraction of sp³-hybridized carbons (Fsp3) is 0.200. The van der Waals surface area contributed by atoms with Gasteiger partial charge in [0, 0.05) is 122 Å². The second kappa shape index (κ2) is 32.1. The number of benzene rings is 16. The average Bonchev–Trinajstić information content (AvgIpc) is 1.11. The van der Waals surface area contributed by atoms with E-state index in [-0.39, 0.29) is 21.7 Å². The molecule has 20 rings (SSSR count). The summed E-state index contributed by atoms with van der Waals surface area (Å²) in [5.41, 5.74) is 26.6. The maximum absolute atomic E-state index is 2.67. The Morgan fingerprint density at radius 3 is 0.555 bits per heavy atom. The maximum atomic E-state index is 2.67. The van der Waals surface area contributed by atoms with Crippen molar-refractivity contribution in [1.29, 1.82) is 0 Å². The van der Waals surface area contributed by atoms with Crippen LogP contribution in [0.1, 0.15) is 155 Å². The summed E-state index contributed by atoms with van der Waals surface area (Å²) >= 11 is 0. The molecule has 16 aromatic carbocycles. The van der Waals surface area contributed by atoms with E-state index in [4.69, 9.17) is 0 Å². The monoisotopic (exact) mass is 1670 g/mol. The predicted molar refractivity (Wildman–Crippen MR) is 549 cm³/mol. The Morgan fingerprint density at radius 1 is 0.195 bits per heavy atom. The molecule has 4 aromatic heterocycles. The van der Waals surface area contributed by atoms with E-state index in [1.54, 1.807) is 0 Å². The zero-order chi connectivity index (χ0) is 88.4. The number of nitrogens with zero attached hydrogens (tertiary/aromatic N) is 8. The van der Waals surface area contributed by atoms with E-state index in [9.17, 15) is 0 Å². The van der Waals surface area contributed by atoms with Crippen molar-refractivity contribution in [3.05, 3.63) is 396 Å². The second-order valence-electron chi connectivity index (χ2n) is 38.8. The highest BCUT2D eigenvalue weighted by atomic mass is 15.3. The van der Waals surface area contributed by atoms with Gasteiger partial charge in [-0.15, -0.1) is 0 Å². The van der Waals surface area contributed by atoms with Crippen LogP contribution in [0.25, 0.3) is 98.7 Å². The van der Waals surface area contributed by atoms with Gasteiger partial charge in [0.1, 0.15) is 23.3 Å². The summed E-state index contributed by atoms with van der Waals surface area (Å²) in [6.45, 7) is 37.4. The average molecular weight is 1670 g/mol. The molecule has 20 aromatic rings.